The summed E-state index contributed by atoms with van der Waals surface area (Å²) in [5, 5.41) is 54.1. The Morgan fingerprint density at radius 1 is 0.923 bits per heavy atom. The molecule has 0 radical (unpaired) electrons. The molecule has 11 heteroatoms. The van der Waals surface area contributed by atoms with Gasteiger partial charge in [0.2, 0.25) is 5.78 Å². The number of phenolic OH excluding ortho intramolecular Hbond substituents is 2. The highest BCUT2D eigenvalue weighted by molar-refractivity contribution is 6.31. The second kappa shape index (κ2) is 9.47. The van der Waals surface area contributed by atoms with Crippen molar-refractivity contribution in [1.29, 1.82) is 0 Å². The molecule has 5 N–H and O–H groups in total. The van der Waals surface area contributed by atoms with Crippen molar-refractivity contribution in [2.24, 2.45) is 5.92 Å². The van der Waals surface area contributed by atoms with Gasteiger partial charge in [-0.2, -0.15) is 0 Å². The van der Waals surface area contributed by atoms with E-state index in [-0.39, 0.29) is 34.2 Å². The van der Waals surface area contributed by atoms with E-state index < -0.39 is 82.6 Å². The molecule has 0 aromatic heterocycles. The first-order valence-corrected chi connectivity index (χ1v) is 12.5. The lowest BCUT2D eigenvalue weighted by molar-refractivity contribution is -0.220. The average Bonchev–Trinajstić information content (AvgIpc) is 2.88. The number of hydrogen-bond donors (Lipinski definition) is 5. The topological polar surface area (TPSA) is 180 Å². The molecule has 2 aromatic carbocycles. The van der Waals surface area contributed by atoms with Gasteiger partial charge in [0, 0.05) is 36.5 Å². The number of aliphatic hydroxyl groups excluding tert-OH is 2. The molecule has 0 aliphatic heterocycles. The molecule has 8 unspecified atom stereocenters. The molecule has 1 fully saturated rings. The summed E-state index contributed by atoms with van der Waals surface area (Å²) in [7, 11) is 2.57. The maximum Gasteiger partial charge on any atom is 0.201 e. The number of carbonyl (C=O) groups excluding carboxylic acids is 3. The van der Waals surface area contributed by atoms with Crippen molar-refractivity contribution in [2.75, 3.05) is 14.2 Å². The van der Waals surface area contributed by atoms with E-state index in [1.54, 1.807) is 6.92 Å². The highest BCUT2D eigenvalue weighted by Gasteiger charge is 2.55. The quantitative estimate of drug-likeness (QED) is 0.318. The predicted molar refractivity (Wildman–Crippen MR) is 133 cm³/mol. The smallest absolute Gasteiger partial charge is 0.201 e. The zero-order valence-corrected chi connectivity index (χ0v) is 21.7. The normalized spacial score (nSPS) is 33.9. The zero-order valence-electron chi connectivity index (χ0n) is 21.7. The zero-order chi connectivity index (χ0) is 28.5. The maximum atomic E-state index is 13.5. The Balaban J connectivity index is 1.71. The number of carbonyl (C=O) groups is 3. The number of Topliss-reactive ketones (excluding diaryl/α,β-unsaturated/α-hetero) is 1. The molecule has 8 atom stereocenters. The number of benzene rings is 2. The second-order valence-corrected chi connectivity index (χ2v) is 10.6. The average molecular weight is 543 g/mol. The summed E-state index contributed by atoms with van der Waals surface area (Å²) in [6, 6.07) is 5.14. The Bertz CT molecular complexity index is 1380. The molecule has 208 valence electrons. The standard InChI is InChI=1S/C28H30O11/c1-10-8-15(24(37-3)23(34)19(10)30)39-25-18-13(26(35)28(2,36)27(25)38-4)9-12-17(22(18)33)21(32)16-11(20(12)31)6-5-7-14(16)29/h5-7,9-10,15,19,23-25,27,29-30,33-34,36H,8H2,1-4H3. The van der Waals surface area contributed by atoms with Gasteiger partial charge in [-0.3, -0.25) is 14.4 Å². The number of rotatable bonds is 4. The number of aliphatic hydroxyl groups is 3. The minimum atomic E-state index is -2.17. The van der Waals surface area contributed by atoms with E-state index >= 15 is 0 Å². The van der Waals surface area contributed by atoms with Gasteiger partial charge in [-0.1, -0.05) is 19.1 Å². The third-order valence-electron chi connectivity index (χ3n) is 8.23. The lowest BCUT2D eigenvalue weighted by Gasteiger charge is -2.46. The van der Waals surface area contributed by atoms with Crippen molar-refractivity contribution in [1.82, 2.24) is 0 Å². The Kier molecular flexibility index (Phi) is 6.65. The van der Waals surface area contributed by atoms with Crippen LogP contribution in [0.3, 0.4) is 0 Å². The molecule has 0 spiro atoms. The molecular formula is C28H30O11. The van der Waals surface area contributed by atoms with Crippen molar-refractivity contribution in [2.45, 2.75) is 62.5 Å². The van der Waals surface area contributed by atoms with E-state index in [0.29, 0.717) is 0 Å². The fourth-order valence-corrected chi connectivity index (χ4v) is 6.15. The van der Waals surface area contributed by atoms with Crippen LogP contribution < -0.4 is 0 Å². The summed E-state index contributed by atoms with van der Waals surface area (Å²) in [6.07, 6.45) is -6.84. The molecular weight excluding hydrogens is 512 g/mol. The molecule has 0 heterocycles. The van der Waals surface area contributed by atoms with Crippen molar-refractivity contribution in [3.05, 3.63) is 57.6 Å². The van der Waals surface area contributed by atoms with Crippen LogP contribution in [0.2, 0.25) is 0 Å². The number of fused-ring (bicyclic) bond motifs is 3. The Morgan fingerprint density at radius 3 is 2.26 bits per heavy atom. The van der Waals surface area contributed by atoms with E-state index in [4.69, 9.17) is 14.2 Å². The van der Waals surface area contributed by atoms with Crippen LogP contribution in [0, 0.1) is 5.92 Å². The van der Waals surface area contributed by atoms with Crippen molar-refractivity contribution >= 4 is 17.3 Å². The summed E-state index contributed by atoms with van der Waals surface area (Å²) in [4.78, 5) is 40.4. The van der Waals surface area contributed by atoms with Crippen LogP contribution in [0.15, 0.2) is 24.3 Å². The monoisotopic (exact) mass is 542 g/mol. The van der Waals surface area contributed by atoms with Gasteiger partial charge in [0.25, 0.3) is 0 Å². The summed E-state index contributed by atoms with van der Waals surface area (Å²) in [5.74, 6) is -3.95. The van der Waals surface area contributed by atoms with Gasteiger partial charge in [0.15, 0.2) is 17.2 Å². The molecule has 0 saturated heterocycles. The first-order chi connectivity index (χ1) is 18.4. The summed E-state index contributed by atoms with van der Waals surface area (Å²) in [5.41, 5.74) is -3.63. The van der Waals surface area contributed by atoms with Gasteiger partial charge in [-0.15, -0.1) is 0 Å². The van der Waals surface area contributed by atoms with E-state index in [1.807, 2.05) is 0 Å². The summed E-state index contributed by atoms with van der Waals surface area (Å²) in [6.45, 7) is 2.93. The van der Waals surface area contributed by atoms with Crippen LogP contribution in [-0.4, -0.2) is 93.2 Å². The molecule has 39 heavy (non-hydrogen) atoms. The number of ketones is 3. The minimum absolute atomic E-state index is 0.0869. The lowest BCUT2D eigenvalue weighted by atomic mass is 9.72. The van der Waals surface area contributed by atoms with Gasteiger partial charge >= 0.3 is 0 Å². The minimum Gasteiger partial charge on any atom is -0.507 e. The number of aromatic hydroxyl groups is 2. The number of methoxy groups -OCH3 is 2. The van der Waals surface area contributed by atoms with E-state index in [1.165, 1.54) is 39.3 Å². The molecule has 11 nitrogen and oxygen atoms in total. The fourth-order valence-electron chi connectivity index (χ4n) is 6.15. The highest BCUT2D eigenvalue weighted by Crippen LogP contribution is 2.49. The first-order valence-electron chi connectivity index (χ1n) is 12.5. The Labute approximate surface area is 223 Å². The van der Waals surface area contributed by atoms with Crippen molar-refractivity contribution in [3.8, 4) is 11.5 Å². The Morgan fingerprint density at radius 2 is 1.62 bits per heavy atom. The SMILES string of the molecule is COC1C(OC2c3c(cc4c(c3O)C(=O)c3c(O)cccc3C4=O)C(=O)C(C)(O)C2OC)CC(C)C(O)C1O. The van der Waals surface area contributed by atoms with Gasteiger partial charge in [0.05, 0.1) is 23.3 Å². The van der Waals surface area contributed by atoms with E-state index in [2.05, 4.69) is 0 Å². The third-order valence-corrected chi connectivity index (χ3v) is 8.23. The van der Waals surface area contributed by atoms with Crippen LogP contribution in [0.25, 0.3) is 0 Å². The van der Waals surface area contributed by atoms with Gasteiger partial charge in [-0.25, -0.2) is 0 Å². The molecule has 3 aliphatic rings. The molecule has 1 saturated carbocycles. The van der Waals surface area contributed by atoms with Crippen LogP contribution in [0.1, 0.15) is 74.1 Å². The number of ether oxygens (including phenoxy) is 3. The fraction of sp³-hybridized carbons (Fsp3) is 0.464. The summed E-state index contributed by atoms with van der Waals surface area (Å²) >= 11 is 0. The number of hydrogen-bond acceptors (Lipinski definition) is 11. The number of phenols is 2. The molecule has 5 rings (SSSR count). The highest BCUT2D eigenvalue weighted by atomic mass is 16.6. The van der Waals surface area contributed by atoms with E-state index in [9.17, 15) is 39.9 Å². The van der Waals surface area contributed by atoms with Crippen LogP contribution in [-0.2, 0) is 14.2 Å². The Hall–Kier alpha value is -3.19. The van der Waals surface area contributed by atoms with Crippen molar-refractivity contribution in [3.63, 3.8) is 0 Å². The molecule has 2 aromatic rings. The largest absolute Gasteiger partial charge is 0.507 e. The second-order valence-electron chi connectivity index (χ2n) is 10.6. The van der Waals surface area contributed by atoms with Gasteiger partial charge < -0.3 is 39.7 Å². The van der Waals surface area contributed by atoms with Crippen LogP contribution in [0.5, 0.6) is 11.5 Å². The van der Waals surface area contributed by atoms with E-state index in [0.717, 1.165) is 6.07 Å². The van der Waals surface area contributed by atoms with Crippen molar-refractivity contribution < 1.29 is 54.1 Å². The first kappa shape index (κ1) is 27.4. The molecule has 0 amide bonds. The third kappa shape index (κ3) is 3.84. The van der Waals surface area contributed by atoms with Gasteiger partial charge in [-0.05, 0) is 31.4 Å². The van der Waals surface area contributed by atoms with Crippen LogP contribution >= 0.6 is 0 Å². The van der Waals surface area contributed by atoms with Gasteiger partial charge in [0.1, 0.15) is 35.9 Å². The van der Waals surface area contributed by atoms with Crippen LogP contribution in [0.4, 0.5) is 0 Å². The molecule has 3 aliphatic carbocycles. The molecule has 0 bridgehead atoms. The lowest BCUT2D eigenvalue weighted by Crippen LogP contribution is -2.58. The summed E-state index contributed by atoms with van der Waals surface area (Å²) < 4.78 is 17.2. The maximum absolute atomic E-state index is 13.5. The predicted octanol–water partition coefficient (Wildman–Crippen LogP) is 1.04.